The third kappa shape index (κ3) is 2.20. The Kier molecular flexibility index (Phi) is 3.81. The Bertz CT molecular complexity index is 625. The highest BCUT2D eigenvalue weighted by Gasteiger charge is 2.46. The van der Waals surface area contributed by atoms with E-state index in [2.05, 4.69) is 28.6 Å². The van der Waals surface area contributed by atoms with Gasteiger partial charge in [0.15, 0.2) is 5.78 Å². The van der Waals surface area contributed by atoms with Gasteiger partial charge in [-0.15, -0.1) is 0 Å². The van der Waals surface area contributed by atoms with Crippen molar-refractivity contribution in [1.29, 1.82) is 0 Å². The summed E-state index contributed by atoms with van der Waals surface area (Å²) in [6, 6.07) is 4.93. The molecule has 0 spiro atoms. The molecule has 20 heavy (non-hydrogen) atoms. The number of rotatable bonds is 2. The largest absolute Gasteiger partial charge is 0.293 e. The monoisotopic (exact) mass is 355 g/mol. The van der Waals surface area contributed by atoms with Gasteiger partial charge >= 0.3 is 0 Å². The lowest BCUT2D eigenvalue weighted by molar-refractivity contribution is -0.121. The number of Topliss-reactive ketones (excluding diaryl/α,β-unsaturated/α-hetero) is 1. The van der Waals surface area contributed by atoms with Crippen LogP contribution in [0, 0.1) is 0 Å². The fourth-order valence-corrected chi connectivity index (χ4v) is 2.77. The molecular formula is C14H14BrNO3S. The van der Waals surface area contributed by atoms with Crippen LogP contribution in [0.3, 0.4) is 0 Å². The highest BCUT2D eigenvalue weighted by Crippen LogP contribution is 2.42. The van der Waals surface area contributed by atoms with Gasteiger partial charge in [-0.25, -0.2) is 4.90 Å². The molecular weight excluding hydrogens is 342 g/mol. The normalized spacial score (nSPS) is 17.9. The molecule has 1 atom stereocenters. The zero-order valence-corrected chi connectivity index (χ0v) is 13.8. The van der Waals surface area contributed by atoms with Crippen molar-refractivity contribution in [3.8, 4) is 0 Å². The maximum absolute atomic E-state index is 12.3. The number of halogens is 1. The molecule has 6 heteroatoms. The standard InChI is InChI=1S/C14H14BrNO3S/c1-7(15)11(17)8-4-5-10-9(6-8)14(2,3)12(18)16(10)13(19)20/h4-7H,1-3H3,(H,19,20). The molecule has 1 aromatic rings. The molecule has 0 aliphatic carbocycles. The molecule has 1 aromatic carbocycles. The molecule has 1 aliphatic heterocycles. The lowest BCUT2D eigenvalue weighted by Crippen LogP contribution is -2.37. The zero-order chi connectivity index (χ0) is 15.2. The summed E-state index contributed by atoms with van der Waals surface area (Å²) < 4.78 is 0. The maximum Gasteiger partial charge on any atom is 0.289 e. The van der Waals surface area contributed by atoms with E-state index < -0.39 is 10.7 Å². The van der Waals surface area contributed by atoms with E-state index in [4.69, 9.17) is 0 Å². The fraction of sp³-hybridized carbons (Fsp3) is 0.357. The summed E-state index contributed by atoms with van der Waals surface area (Å²) in [5.41, 5.74) is 0.838. The van der Waals surface area contributed by atoms with Crippen LogP contribution >= 0.6 is 28.6 Å². The van der Waals surface area contributed by atoms with Gasteiger partial charge in [-0.3, -0.25) is 14.4 Å². The van der Waals surface area contributed by atoms with Crippen LogP contribution in [-0.4, -0.2) is 21.8 Å². The SMILES string of the molecule is CC(Br)C(=O)c1ccc2c(c1)C(C)(C)C(=O)N2C(=O)S. The minimum atomic E-state index is -0.848. The molecule has 2 amide bonds. The van der Waals surface area contributed by atoms with E-state index in [-0.39, 0.29) is 16.5 Å². The second-order valence-corrected chi connectivity index (χ2v) is 7.02. The lowest BCUT2D eigenvalue weighted by Gasteiger charge is -2.17. The van der Waals surface area contributed by atoms with E-state index in [1.807, 2.05) is 0 Å². The number of carbonyl (C=O) groups excluding carboxylic acids is 3. The number of hydrogen-bond donors (Lipinski definition) is 1. The maximum atomic E-state index is 12.3. The van der Waals surface area contributed by atoms with Crippen molar-refractivity contribution < 1.29 is 14.4 Å². The van der Waals surface area contributed by atoms with Crippen LogP contribution < -0.4 is 4.90 Å². The summed E-state index contributed by atoms with van der Waals surface area (Å²) in [5, 5.41) is -0.616. The Morgan fingerprint density at radius 3 is 2.45 bits per heavy atom. The van der Waals surface area contributed by atoms with Gasteiger partial charge in [0.25, 0.3) is 5.24 Å². The van der Waals surface area contributed by atoms with E-state index >= 15 is 0 Å². The highest BCUT2D eigenvalue weighted by atomic mass is 79.9. The van der Waals surface area contributed by atoms with Gasteiger partial charge < -0.3 is 0 Å². The van der Waals surface area contributed by atoms with Crippen LogP contribution in [0.5, 0.6) is 0 Å². The molecule has 106 valence electrons. The lowest BCUT2D eigenvalue weighted by atomic mass is 9.85. The molecule has 0 saturated heterocycles. The molecule has 1 heterocycles. The molecule has 0 aromatic heterocycles. The molecule has 0 fully saturated rings. The average Bonchev–Trinajstić information content (AvgIpc) is 2.56. The molecule has 1 unspecified atom stereocenters. The van der Waals surface area contributed by atoms with E-state index in [9.17, 15) is 14.4 Å². The van der Waals surface area contributed by atoms with Crippen molar-refractivity contribution in [2.45, 2.75) is 31.0 Å². The fourth-order valence-electron chi connectivity index (χ4n) is 2.31. The molecule has 4 nitrogen and oxygen atoms in total. The number of thiol groups is 1. The van der Waals surface area contributed by atoms with E-state index in [0.717, 1.165) is 4.90 Å². The number of anilines is 1. The number of ketones is 1. The number of carbonyl (C=O) groups is 3. The summed E-state index contributed by atoms with van der Waals surface area (Å²) in [4.78, 5) is 36.6. The summed E-state index contributed by atoms with van der Waals surface area (Å²) in [5.74, 6) is -0.393. The molecule has 0 bridgehead atoms. The Morgan fingerprint density at radius 2 is 1.95 bits per heavy atom. The predicted octanol–water partition coefficient (Wildman–Crippen LogP) is 3.33. The quantitative estimate of drug-likeness (QED) is 0.502. The number of hydrogen-bond acceptors (Lipinski definition) is 3. The number of alkyl halides is 1. The van der Waals surface area contributed by atoms with Gasteiger partial charge in [0, 0.05) is 5.56 Å². The molecule has 2 rings (SSSR count). The Hall–Kier alpha value is -1.14. The third-order valence-electron chi connectivity index (χ3n) is 3.49. The van der Waals surface area contributed by atoms with Crippen molar-refractivity contribution in [3.63, 3.8) is 0 Å². The second-order valence-electron chi connectivity index (χ2n) is 5.26. The topological polar surface area (TPSA) is 54.5 Å². The van der Waals surface area contributed by atoms with Crippen LogP contribution in [0.25, 0.3) is 0 Å². The first kappa shape index (κ1) is 15.3. The van der Waals surface area contributed by atoms with Gasteiger partial charge in [-0.05, 0) is 44.5 Å². The van der Waals surface area contributed by atoms with E-state index in [1.165, 1.54) is 0 Å². The zero-order valence-electron chi connectivity index (χ0n) is 11.3. The first-order valence-electron chi connectivity index (χ1n) is 6.08. The summed E-state index contributed by atoms with van der Waals surface area (Å²) in [6.45, 7) is 5.21. The third-order valence-corrected chi connectivity index (χ3v) is 4.10. The first-order chi connectivity index (χ1) is 9.17. The minimum Gasteiger partial charge on any atom is -0.293 e. The number of nitrogens with zero attached hydrogens (tertiary/aromatic N) is 1. The highest BCUT2D eigenvalue weighted by molar-refractivity contribution is 9.10. The van der Waals surface area contributed by atoms with Gasteiger partial charge in [0.2, 0.25) is 5.91 Å². The summed E-state index contributed by atoms with van der Waals surface area (Å²) >= 11 is 6.99. The van der Waals surface area contributed by atoms with Crippen molar-refractivity contribution in [2.24, 2.45) is 0 Å². The summed E-state index contributed by atoms with van der Waals surface area (Å²) in [6.07, 6.45) is 0. The Morgan fingerprint density at radius 1 is 1.35 bits per heavy atom. The van der Waals surface area contributed by atoms with Crippen LogP contribution in [0.2, 0.25) is 0 Å². The number of imide groups is 1. The van der Waals surface area contributed by atoms with Crippen molar-refractivity contribution >= 4 is 51.2 Å². The Labute approximate surface area is 131 Å². The van der Waals surface area contributed by atoms with Crippen molar-refractivity contribution in [2.75, 3.05) is 4.90 Å². The number of benzene rings is 1. The van der Waals surface area contributed by atoms with E-state index in [1.54, 1.807) is 39.0 Å². The molecule has 1 aliphatic rings. The smallest absolute Gasteiger partial charge is 0.289 e. The van der Waals surface area contributed by atoms with E-state index in [0.29, 0.717) is 16.8 Å². The average molecular weight is 356 g/mol. The van der Waals surface area contributed by atoms with Crippen LogP contribution in [-0.2, 0) is 10.2 Å². The van der Waals surface area contributed by atoms with Crippen molar-refractivity contribution in [3.05, 3.63) is 29.3 Å². The number of fused-ring (bicyclic) bond motifs is 1. The van der Waals surface area contributed by atoms with Crippen LogP contribution in [0.1, 0.15) is 36.7 Å². The molecule has 0 saturated carbocycles. The molecule has 0 radical (unpaired) electrons. The van der Waals surface area contributed by atoms with Gasteiger partial charge in [-0.1, -0.05) is 28.6 Å². The Balaban J connectivity index is 2.60. The second kappa shape index (κ2) is 5.00. The van der Waals surface area contributed by atoms with Crippen molar-refractivity contribution in [1.82, 2.24) is 0 Å². The first-order valence-corrected chi connectivity index (χ1v) is 7.44. The predicted molar refractivity (Wildman–Crippen MR) is 84.1 cm³/mol. The number of amides is 2. The summed E-state index contributed by atoms with van der Waals surface area (Å²) in [7, 11) is 0. The van der Waals surface area contributed by atoms with Crippen LogP contribution in [0.15, 0.2) is 18.2 Å². The van der Waals surface area contributed by atoms with Gasteiger partial charge in [0.1, 0.15) is 0 Å². The minimum absolute atomic E-state index is 0.0632. The van der Waals surface area contributed by atoms with Gasteiger partial charge in [0.05, 0.1) is 15.9 Å². The van der Waals surface area contributed by atoms with Crippen LogP contribution in [0.4, 0.5) is 10.5 Å². The molecule has 0 N–H and O–H groups in total. The van der Waals surface area contributed by atoms with Gasteiger partial charge in [-0.2, -0.15) is 0 Å².